The Labute approximate surface area is 520 Å². The van der Waals surface area contributed by atoms with Crippen LogP contribution in [0.3, 0.4) is 0 Å². The molecule has 0 aromatic heterocycles. The third kappa shape index (κ3) is 15.4. The Bertz CT molecular complexity index is 4270. The lowest BCUT2D eigenvalue weighted by molar-refractivity contribution is -0.135. The smallest absolute Gasteiger partial charge is 0.337 e. The average Bonchev–Trinajstić information content (AvgIpc) is 0.874. The van der Waals surface area contributed by atoms with Gasteiger partial charge in [-0.2, -0.15) is 0 Å². The number of benzene rings is 7. The first-order chi connectivity index (χ1) is 41.5. The fourth-order valence-electron chi connectivity index (χ4n) is 9.18. The first-order valence-corrected chi connectivity index (χ1v) is 28.8. The number of alkyl halides is 2. The molecule has 0 amide bonds. The third-order valence-corrected chi connectivity index (χ3v) is 16.5. The van der Waals surface area contributed by atoms with Crippen molar-refractivity contribution in [3.63, 3.8) is 0 Å². The zero-order valence-electron chi connectivity index (χ0n) is 48.4. The minimum Gasteiger partial charge on any atom is -0.465 e. The van der Waals surface area contributed by atoms with Crippen LogP contribution >= 0.6 is 31.9 Å². The molecule has 0 radical (unpaired) electrons. The standard InChI is InChI=1S/C76H56Br2O8/c1-50-17-21-55(22-18-50)31-41-63-46-67-69(48-65(63)43-33-56-23-19-51(2)20-24-56)76(78,53(4)45-59(14-11-9-10-13-52(3)72(79)83-5)16-12-15-54-25-35-60(36-26-54)73(80)84-6)70-49-66(44-34-58-29-39-62(40-30-58)75(82)86-8)64(47-68(70)71(67)77)42-32-57-27-37-61(38-28-57)74(81)85-7/h10,13,17-30,35-40,45-49,53,71H,3,9,16H2,1-2,4-8H3/b13-10-,59-45-. The van der Waals surface area contributed by atoms with Gasteiger partial charge in [0.15, 0.2) is 0 Å². The summed E-state index contributed by atoms with van der Waals surface area (Å²) in [7, 11) is 5.32. The monoisotopic (exact) mass is 1250 g/mol. The van der Waals surface area contributed by atoms with Gasteiger partial charge in [0.1, 0.15) is 0 Å². The average molecular weight is 1260 g/mol. The van der Waals surface area contributed by atoms with Crippen LogP contribution in [0.1, 0.15) is 139 Å². The number of carbonyl (C=O) groups excluding carboxylic acids is 4. The van der Waals surface area contributed by atoms with Crippen LogP contribution in [0.15, 0.2) is 182 Å². The van der Waals surface area contributed by atoms with Gasteiger partial charge in [-0.05, 0) is 163 Å². The molecule has 0 bridgehead atoms. The summed E-state index contributed by atoms with van der Waals surface area (Å²) in [5, 5.41) is 0. The molecule has 8 rings (SSSR count). The number of aryl methyl sites for hydroxylation is 2. The van der Waals surface area contributed by atoms with Crippen LogP contribution in [-0.2, 0) is 28.1 Å². The summed E-state index contributed by atoms with van der Waals surface area (Å²) in [5.74, 6) is 38.4. The normalized spacial score (nSPS) is 13.8. The van der Waals surface area contributed by atoms with Gasteiger partial charge in [-0.3, -0.25) is 0 Å². The number of carbonyl (C=O) groups is 4. The lowest BCUT2D eigenvalue weighted by Crippen LogP contribution is -2.34. The van der Waals surface area contributed by atoms with Gasteiger partial charge in [0.05, 0.1) is 59.9 Å². The Morgan fingerprint density at radius 1 is 0.523 bits per heavy atom. The highest BCUT2D eigenvalue weighted by molar-refractivity contribution is 9.10. The maximum atomic E-state index is 12.4. The Kier molecular flexibility index (Phi) is 20.9. The summed E-state index contributed by atoms with van der Waals surface area (Å²) < 4.78 is 18.6. The molecule has 0 N–H and O–H groups in total. The van der Waals surface area contributed by atoms with Crippen molar-refractivity contribution < 1.29 is 38.1 Å². The Hall–Kier alpha value is -10.0. The molecule has 422 valence electrons. The lowest BCUT2D eigenvalue weighted by Gasteiger charge is -2.42. The van der Waals surface area contributed by atoms with Crippen LogP contribution < -0.4 is 0 Å². The van der Waals surface area contributed by atoms with E-state index in [4.69, 9.17) is 18.9 Å². The fourth-order valence-corrected chi connectivity index (χ4v) is 10.8. The van der Waals surface area contributed by atoms with Crippen LogP contribution in [0.25, 0.3) is 0 Å². The molecule has 7 aromatic rings. The first-order valence-electron chi connectivity index (χ1n) is 27.1. The highest BCUT2D eigenvalue weighted by atomic mass is 79.9. The molecule has 86 heavy (non-hydrogen) atoms. The van der Waals surface area contributed by atoms with Gasteiger partial charge in [-0.25, -0.2) is 19.2 Å². The third-order valence-electron chi connectivity index (χ3n) is 13.9. The number of rotatable bonds is 9. The molecular weight excluding hydrogens is 1200 g/mol. The van der Waals surface area contributed by atoms with Gasteiger partial charge >= 0.3 is 23.9 Å². The van der Waals surface area contributed by atoms with Gasteiger partial charge in [0.25, 0.3) is 0 Å². The van der Waals surface area contributed by atoms with Gasteiger partial charge in [0, 0.05) is 68.5 Å². The van der Waals surface area contributed by atoms with E-state index in [9.17, 15) is 19.2 Å². The van der Waals surface area contributed by atoms with Crippen molar-refractivity contribution in [2.75, 3.05) is 28.4 Å². The van der Waals surface area contributed by atoms with E-state index in [-0.39, 0.29) is 17.9 Å². The Morgan fingerprint density at radius 3 is 1.26 bits per heavy atom. The summed E-state index contributed by atoms with van der Waals surface area (Å²) in [5.41, 5.74) is 14.4. The van der Waals surface area contributed by atoms with Crippen molar-refractivity contribution in [1.82, 2.24) is 0 Å². The van der Waals surface area contributed by atoms with Crippen molar-refractivity contribution in [3.05, 3.63) is 282 Å². The van der Waals surface area contributed by atoms with Gasteiger partial charge in [-0.1, -0.05) is 170 Å². The Morgan fingerprint density at radius 2 is 0.884 bits per heavy atom. The molecule has 0 aliphatic heterocycles. The number of esters is 4. The minimum atomic E-state index is -1.03. The molecular formula is C76H56Br2O8. The van der Waals surface area contributed by atoms with Crippen LogP contribution in [0.4, 0.5) is 0 Å². The summed E-state index contributed by atoms with van der Waals surface area (Å²) >= 11 is 8.72. The maximum absolute atomic E-state index is 12.4. The van der Waals surface area contributed by atoms with E-state index in [1.165, 1.54) is 28.4 Å². The number of fused-ring (bicyclic) bond motifs is 2. The molecule has 3 atom stereocenters. The minimum absolute atomic E-state index is 0.194. The van der Waals surface area contributed by atoms with Crippen LogP contribution in [0, 0.1) is 90.8 Å². The van der Waals surface area contributed by atoms with Crippen molar-refractivity contribution >= 4 is 55.7 Å². The van der Waals surface area contributed by atoms with Crippen LogP contribution in [0.2, 0.25) is 0 Å². The van der Waals surface area contributed by atoms with Crippen molar-refractivity contribution in [2.45, 2.75) is 42.8 Å². The van der Waals surface area contributed by atoms with Crippen molar-refractivity contribution in [3.8, 4) is 71.0 Å². The molecule has 0 saturated carbocycles. The molecule has 7 aromatic carbocycles. The van der Waals surface area contributed by atoms with Crippen molar-refractivity contribution in [2.24, 2.45) is 5.92 Å². The number of allylic oxidation sites excluding steroid dienone is 3. The predicted molar refractivity (Wildman–Crippen MR) is 344 cm³/mol. The van der Waals surface area contributed by atoms with E-state index in [1.54, 1.807) is 84.9 Å². The molecule has 0 fully saturated rings. The van der Waals surface area contributed by atoms with Gasteiger partial charge in [-0.15, -0.1) is 0 Å². The van der Waals surface area contributed by atoms with E-state index in [0.717, 1.165) is 55.6 Å². The summed E-state index contributed by atoms with van der Waals surface area (Å²) in [4.78, 5) is 48.7. The van der Waals surface area contributed by atoms with E-state index in [1.807, 2.05) is 62.4 Å². The SMILES string of the molecule is C=C(/C=C\CC#C/C(=C/C(C)C1(Br)c2cc(C#Cc3ccc(C)cc3)c(C#Cc3ccc(C)cc3)cc2C(Br)c2cc(C#Cc3ccc(C(=O)OC)cc3)c(C#Cc3ccc(C(=O)OC)cc3)cc21)CC#Cc1ccc(C(=O)OC)cc1)C(=O)OC. The first kappa shape index (κ1) is 62.0. The largest absolute Gasteiger partial charge is 0.465 e. The summed E-state index contributed by atoms with van der Waals surface area (Å²) in [6.45, 7) is 10.0. The molecule has 3 unspecified atom stereocenters. The topological polar surface area (TPSA) is 105 Å². The number of methoxy groups -OCH3 is 4. The zero-order valence-corrected chi connectivity index (χ0v) is 51.6. The number of ether oxygens (including phenoxy) is 4. The van der Waals surface area contributed by atoms with E-state index in [2.05, 4.69) is 147 Å². The molecule has 1 aliphatic carbocycles. The maximum Gasteiger partial charge on any atom is 0.337 e. The van der Waals surface area contributed by atoms with Crippen molar-refractivity contribution in [1.29, 1.82) is 0 Å². The number of hydrogen-bond acceptors (Lipinski definition) is 8. The Balaban J connectivity index is 1.37. The predicted octanol–water partition coefficient (Wildman–Crippen LogP) is 14.4. The van der Waals surface area contributed by atoms with E-state index >= 15 is 0 Å². The molecule has 0 heterocycles. The molecule has 8 nitrogen and oxygen atoms in total. The molecule has 10 heteroatoms. The molecule has 0 saturated heterocycles. The molecule has 1 aliphatic rings. The second-order valence-electron chi connectivity index (χ2n) is 19.9. The second-order valence-corrected chi connectivity index (χ2v) is 22.0. The number of halogens is 2. The number of hydrogen-bond donors (Lipinski definition) is 0. The van der Waals surface area contributed by atoms with Gasteiger partial charge < -0.3 is 18.9 Å². The van der Waals surface area contributed by atoms with E-state index in [0.29, 0.717) is 56.5 Å². The van der Waals surface area contributed by atoms with Crippen LogP contribution in [0.5, 0.6) is 0 Å². The van der Waals surface area contributed by atoms with E-state index < -0.39 is 33.0 Å². The molecule has 0 spiro atoms. The second kappa shape index (κ2) is 29.0. The summed E-state index contributed by atoms with van der Waals surface area (Å²) in [6.07, 6.45) is 6.01. The highest BCUT2D eigenvalue weighted by Crippen LogP contribution is 2.57. The summed E-state index contributed by atoms with van der Waals surface area (Å²) in [6, 6.07) is 45.2. The zero-order chi connectivity index (χ0) is 61.3. The fraction of sp³-hybridized carbons (Fsp3) is 0.158. The lowest BCUT2D eigenvalue weighted by atomic mass is 9.70. The quantitative estimate of drug-likeness (QED) is 0.0351. The van der Waals surface area contributed by atoms with Gasteiger partial charge in [0.2, 0.25) is 0 Å². The highest BCUT2D eigenvalue weighted by Gasteiger charge is 2.46. The van der Waals surface area contributed by atoms with Crippen LogP contribution in [-0.4, -0.2) is 52.3 Å².